The van der Waals surface area contributed by atoms with Gasteiger partial charge in [0.05, 0.1) is 12.7 Å². The van der Waals surface area contributed by atoms with Crippen molar-refractivity contribution in [2.24, 2.45) is 0 Å². The predicted molar refractivity (Wildman–Crippen MR) is 84.6 cm³/mol. The lowest BCUT2D eigenvalue weighted by atomic mass is 9.98. The van der Waals surface area contributed by atoms with Crippen LogP contribution in [0.4, 0.5) is 0 Å². The average molecular weight is 292 g/mol. The molecule has 0 aliphatic rings. The van der Waals surface area contributed by atoms with E-state index in [9.17, 15) is 4.79 Å². The van der Waals surface area contributed by atoms with Crippen LogP contribution in [0.2, 0.25) is 0 Å². The molecule has 0 saturated carbocycles. The van der Waals surface area contributed by atoms with E-state index in [2.05, 4.69) is 9.97 Å². The second-order valence-electron chi connectivity index (χ2n) is 4.95. The van der Waals surface area contributed by atoms with Crippen molar-refractivity contribution < 1.29 is 9.53 Å². The minimum atomic E-state index is -0.324. The fourth-order valence-electron chi connectivity index (χ4n) is 2.41. The summed E-state index contributed by atoms with van der Waals surface area (Å²) < 4.78 is 4.84. The Bertz CT molecular complexity index is 762. The number of imidazole rings is 1. The SMILES string of the molecule is COC(=O)c1ccccc1-c1ccc(Cc2ncc[nH]2)cc1. The summed E-state index contributed by atoms with van der Waals surface area (Å²) >= 11 is 0. The summed E-state index contributed by atoms with van der Waals surface area (Å²) in [6.07, 6.45) is 4.32. The molecule has 22 heavy (non-hydrogen) atoms. The molecule has 1 N–H and O–H groups in total. The van der Waals surface area contributed by atoms with E-state index in [-0.39, 0.29) is 5.97 Å². The van der Waals surface area contributed by atoms with Gasteiger partial charge in [0.1, 0.15) is 5.82 Å². The molecular formula is C18H16N2O2. The van der Waals surface area contributed by atoms with Crippen LogP contribution >= 0.6 is 0 Å². The van der Waals surface area contributed by atoms with Crippen LogP contribution in [0.15, 0.2) is 60.9 Å². The van der Waals surface area contributed by atoms with Crippen LogP contribution in [-0.2, 0) is 11.2 Å². The summed E-state index contributed by atoms with van der Waals surface area (Å²) in [6, 6.07) is 15.6. The Balaban J connectivity index is 1.88. The first-order valence-corrected chi connectivity index (χ1v) is 7.03. The average Bonchev–Trinajstić information content (AvgIpc) is 3.08. The molecule has 0 radical (unpaired) electrons. The maximum absolute atomic E-state index is 11.9. The molecule has 0 amide bonds. The first kappa shape index (κ1) is 14.1. The Labute approximate surface area is 128 Å². The lowest BCUT2D eigenvalue weighted by molar-refractivity contribution is 0.0601. The van der Waals surface area contributed by atoms with Gasteiger partial charge in [0.2, 0.25) is 0 Å². The Morgan fingerprint density at radius 1 is 1.14 bits per heavy atom. The number of hydrogen-bond acceptors (Lipinski definition) is 3. The molecule has 3 rings (SSSR count). The van der Waals surface area contributed by atoms with Crippen molar-refractivity contribution in [3.8, 4) is 11.1 Å². The molecular weight excluding hydrogens is 276 g/mol. The number of esters is 1. The van der Waals surface area contributed by atoms with Crippen LogP contribution in [-0.4, -0.2) is 23.0 Å². The predicted octanol–water partition coefficient (Wildman–Crippen LogP) is 3.45. The molecule has 4 heteroatoms. The van der Waals surface area contributed by atoms with Gasteiger partial charge in [-0.05, 0) is 22.8 Å². The highest BCUT2D eigenvalue weighted by Gasteiger charge is 2.12. The summed E-state index contributed by atoms with van der Waals surface area (Å²) in [4.78, 5) is 19.2. The second kappa shape index (κ2) is 6.26. The van der Waals surface area contributed by atoms with Gasteiger partial charge in [-0.15, -0.1) is 0 Å². The van der Waals surface area contributed by atoms with Gasteiger partial charge in [-0.25, -0.2) is 9.78 Å². The van der Waals surface area contributed by atoms with Crippen LogP contribution in [0.25, 0.3) is 11.1 Å². The minimum absolute atomic E-state index is 0.324. The van der Waals surface area contributed by atoms with Crippen molar-refractivity contribution >= 4 is 5.97 Å². The standard InChI is InChI=1S/C18H16N2O2/c1-22-18(21)16-5-3-2-4-15(16)14-8-6-13(7-9-14)12-17-19-10-11-20-17/h2-11H,12H2,1H3,(H,19,20). The highest BCUT2D eigenvalue weighted by Crippen LogP contribution is 2.25. The lowest BCUT2D eigenvalue weighted by Crippen LogP contribution is -2.03. The summed E-state index contributed by atoms with van der Waals surface area (Å²) in [5.74, 6) is 0.609. The number of carbonyl (C=O) groups excluding carboxylic acids is 1. The van der Waals surface area contributed by atoms with Crippen LogP contribution in [0.5, 0.6) is 0 Å². The number of nitrogens with zero attached hydrogens (tertiary/aromatic N) is 1. The molecule has 1 heterocycles. The quantitative estimate of drug-likeness (QED) is 0.749. The number of nitrogens with one attached hydrogen (secondary N) is 1. The van der Waals surface area contributed by atoms with E-state index < -0.39 is 0 Å². The van der Waals surface area contributed by atoms with Crippen molar-refractivity contribution in [3.05, 3.63) is 77.9 Å². The molecule has 110 valence electrons. The molecule has 3 aromatic rings. The third-order valence-corrected chi connectivity index (χ3v) is 3.52. The Morgan fingerprint density at radius 3 is 2.59 bits per heavy atom. The van der Waals surface area contributed by atoms with Gasteiger partial charge >= 0.3 is 5.97 Å². The van der Waals surface area contributed by atoms with E-state index >= 15 is 0 Å². The van der Waals surface area contributed by atoms with E-state index in [4.69, 9.17) is 4.74 Å². The number of carbonyl (C=O) groups is 1. The number of H-pyrrole nitrogens is 1. The number of aromatic nitrogens is 2. The number of methoxy groups -OCH3 is 1. The zero-order chi connectivity index (χ0) is 15.4. The first-order valence-electron chi connectivity index (χ1n) is 7.03. The van der Waals surface area contributed by atoms with E-state index in [0.717, 1.165) is 28.9 Å². The van der Waals surface area contributed by atoms with Gasteiger partial charge < -0.3 is 9.72 Å². The van der Waals surface area contributed by atoms with E-state index in [1.54, 1.807) is 12.3 Å². The highest BCUT2D eigenvalue weighted by molar-refractivity contribution is 5.97. The Hall–Kier alpha value is -2.88. The third kappa shape index (κ3) is 2.91. The summed E-state index contributed by atoms with van der Waals surface area (Å²) in [5, 5.41) is 0. The number of hydrogen-bond donors (Lipinski definition) is 1. The molecule has 2 aromatic carbocycles. The largest absolute Gasteiger partial charge is 0.465 e. The van der Waals surface area contributed by atoms with Gasteiger partial charge in [0.25, 0.3) is 0 Å². The summed E-state index contributed by atoms with van der Waals surface area (Å²) in [7, 11) is 1.39. The Morgan fingerprint density at radius 2 is 1.91 bits per heavy atom. The molecule has 4 nitrogen and oxygen atoms in total. The van der Waals surface area contributed by atoms with Crippen molar-refractivity contribution in [3.63, 3.8) is 0 Å². The number of aromatic amines is 1. The molecule has 0 saturated heterocycles. The summed E-state index contributed by atoms with van der Waals surface area (Å²) in [5.41, 5.74) is 3.60. The first-order chi connectivity index (χ1) is 10.8. The van der Waals surface area contributed by atoms with Crippen LogP contribution < -0.4 is 0 Å². The molecule has 0 atom stereocenters. The van der Waals surface area contributed by atoms with Crippen molar-refractivity contribution in [1.82, 2.24) is 9.97 Å². The molecule has 0 spiro atoms. The molecule has 0 aliphatic carbocycles. The molecule has 1 aromatic heterocycles. The lowest BCUT2D eigenvalue weighted by Gasteiger charge is -2.08. The van der Waals surface area contributed by atoms with Gasteiger partial charge in [-0.1, -0.05) is 42.5 Å². The van der Waals surface area contributed by atoms with Gasteiger partial charge in [-0.2, -0.15) is 0 Å². The Kier molecular flexibility index (Phi) is 4.01. The van der Waals surface area contributed by atoms with Crippen LogP contribution in [0.3, 0.4) is 0 Å². The fraction of sp³-hybridized carbons (Fsp3) is 0.111. The molecule has 0 fully saturated rings. The van der Waals surface area contributed by atoms with E-state index in [1.165, 1.54) is 7.11 Å². The van der Waals surface area contributed by atoms with Crippen molar-refractivity contribution in [2.45, 2.75) is 6.42 Å². The normalized spacial score (nSPS) is 10.4. The van der Waals surface area contributed by atoms with Gasteiger partial charge in [0, 0.05) is 18.8 Å². The van der Waals surface area contributed by atoms with Crippen LogP contribution in [0.1, 0.15) is 21.7 Å². The van der Waals surface area contributed by atoms with E-state index in [0.29, 0.717) is 5.56 Å². The number of benzene rings is 2. The van der Waals surface area contributed by atoms with E-state index in [1.807, 2.05) is 48.7 Å². The van der Waals surface area contributed by atoms with Gasteiger partial charge in [0.15, 0.2) is 0 Å². The number of ether oxygens (including phenoxy) is 1. The van der Waals surface area contributed by atoms with Crippen molar-refractivity contribution in [2.75, 3.05) is 7.11 Å². The molecule has 0 bridgehead atoms. The third-order valence-electron chi connectivity index (χ3n) is 3.52. The zero-order valence-corrected chi connectivity index (χ0v) is 12.2. The monoisotopic (exact) mass is 292 g/mol. The molecule has 0 unspecified atom stereocenters. The number of rotatable bonds is 4. The van der Waals surface area contributed by atoms with Crippen molar-refractivity contribution in [1.29, 1.82) is 0 Å². The summed E-state index contributed by atoms with van der Waals surface area (Å²) in [6.45, 7) is 0. The zero-order valence-electron chi connectivity index (χ0n) is 12.2. The fourth-order valence-corrected chi connectivity index (χ4v) is 2.41. The van der Waals surface area contributed by atoms with Crippen LogP contribution in [0, 0.1) is 0 Å². The topological polar surface area (TPSA) is 55.0 Å². The minimum Gasteiger partial charge on any atom is -0.465 e. The highest BCUT2D eigenvalue weighted by atomic mass is 16.5. The smallest absolute Gasteiger partial charge is 0.338 e. The maximum Gasteiger partial charge on any atom is 0.338 e. The molecule has 0 aliphatic heterocycles. The van der Waals surface area contributed by atoms with Gasteiger partial charge in [-0.3, -0.25) is 0 Å². The second-order valence-corrected chi connectivity index (χ2v) is 4.95. The maximum atomic E-state index is 11.9.